The van der Waals surface area contributed by atoms with Crippen molar-refractivity contribution in [3.05, 3.63) is 0 Å². The first kappa shape index (κ1) is 27.5. The second kappa shape index (κ2) is 13.3. The van der Waals surface area contributed by atoms with Gasteiger partial charge in [0.15, 0.2) is 6.29 Å². The molecule has 0 aromatic carbocycles. The third-order valence-corrected chi connectivity index (χ3v) is 4.25. The zero-order valence-corrected chi connectivity index (χ0v) is 22.7. The van der Waals surface area contributed by atoms with Crippen LogP contribution >= 0.6 is 0 Å². The Bertz CT molecular complexity index is 766. The number of rotatable bonds is 9. The molecular weight excluding hydrogens is 456 g/mol. The highest BCUT2D eigenvalue weighted by Crippen LogP contribution is 2.21. The third kappa shape index (κ3) is 15.5. The minimum Gasteiger partial charge on any atom is -0.458 e. The molecule has 10 nitrogen and oxygen atoms in total. The van der Waals surface area contributed by atoms with Crippen molar-refractivity contribution < 1.29 is 40.8 Å². The summed E-state index contributed by atoms with van der Waals surface area (Å²) in [4.78, 5) is 37.8. The predicted molar refractivity (Wildman–Crippen MR) is 131 cm³/mol. The number of ether oxygens (including phenoxy) is 5. The molecule has 1 saturated heterocycles. The smallest absolute Gasteiger partial charge is 0.408 e. The lowest BCUT2D eigenvalue weighted by Crippen LogP contribution is -2.48. The molecule has 204 valence electrons. The zero-order chi connectivity index (χ0) is 28.7. The maximum Gasteiger partial charge on any atom is 0.408 e. The van der Waals surface area contributed by atoms with Gasteiger partial charge in [-0.05, 0) is 87.9 Å². The minimum absolute atomic E-state index is 0.295. The molecule has 3 atom stereocenters. The number of amides is 2. The Hall–Kier alpha value is -2.07. The summed E-state index contributed by atoms with van der Waals surface area (Å²) in [5, 5.41) is 4.92. The normalized spacial score (nSPS) is 20.0. The lowest BCUT2D eigenvalue weighted by molar-refractivity contribution is -0.193. The van der Waals surface area contributed by atoms with Crippen molar-refractivity contribution in [3.63, 3.8) is 0 Å². The molecule has 0 spiro atoms. The van der Waals surface area contributed by atoms with Gasteiger partial charge in [-0.1, -0.05) is 0 Å². The van der Waals surface area contributed by atoms with Gasteiger partial charge in [-0.3, -0.25) is 0 Å². The van der Waals surface area contributed by atoms with Gasteiger partial charge >= 0.3 is 18.2 Å². The van der Waals surface area contributed by atoms with Gasteiger partial charge in [-0.15, -0.1) is 0 Å². The fraction of sp³-hybridized carbons (Fsp3) is 0.880. The number of hydrogen-bond acceptors (Lipinski definition) is 8. The van der Waals surface area contributed by atoms with Crippen LogP contribution in [0.15, 0.2) is 0 Å². The van der Waals surface area contributed by atoms with Crippen molar-refractivity contribution in [3.8, 4) is 0 Å². The molecule has 1 aliphatic rings. The Morgan fingerprint density at radius 3 is 2.00 bits per heavy atom. The van der Waals surface area contributed by atoms with E-state index in [2.05, 4.69) is 10.6 Å². The molecule has 35 heavy (non-hydrogen) atoms. The van der Waals surface area contributed by atoms with Crippen molar-refractivity contribution in [1.29, 1.82) is 0 Å². The van der Waals surface area contributed by atoms with Crippen molar-refractivity contribution in [2.75, 3.05) is 13.2 Å². The summed E-state index contributed by atoms with van der Waals surface area (Å²) in [6, 6.07) is -1.29. The van der Waals surface area contributed by atoms with Crippen LogP contribution in [0.4, 0.5) is 9.59 Å². The highest BCUT2D eigenvalue weighted by molar-refractivity contribution is 5.81. The van der Waals surface area contributed by atoms with E-state index in [-0.39, 0.29) is 6.42 Å². The number of hydrogen-bond donors (Lipinski definition) is 2. The summed E-state index contributed by atoms with van der Waals surface area (Å²) in [6.07, 6.45) is -3.84. The largest absolute Gasteiger partial charge is 0.458 e. The van der Waals surface area contributed by atoms with Gasteiger partial charge in [0.25, 0.3) is 0 Å². The van der Waals surface area contributed by atoms with Crippen LogP contribution in [0.1, 0.15) is 97.1 Å². The average molecular weight is 505 g/mol. The van der Waals surface area contributed by atoms with E-state index in [1.54, 1.807) is 62.3 Å². The van der Waals surface area contributed by atoms with Gasteiger partial charge in [0, 0.05) is 22.3 Å². The first-order valence-electron chi connectivity index (χ1n) is 13.1. The van der Waals surface area contributed by atoms with Gasteiger partial charge in [0.1, 0.15) is 22.8 Å². The minimum atomic E-state index is -2.17. The number of nitrogens with one attached hydrogen (secondary N) is 2. The number of esters is 1. The van der Waals surface area contributed by atoms with Gasteiger partial charge < -0.3 is 34.3 Å². The molecule has 10 heteroatoms. The molecule has 1 heterocycles. The van der Waals surface area contributed by atoms with Crippen LogP contribution in [0.5, 0.6) is 0 Å². The number of carbonyl (C=O) groups excluding carboxylic acids is 3. The topological polar surface area (TPSA) is 121 Å². The van der Waals surface area contributed by atoms with E-state index < -0.39 is 66.3 Å². The van der Waals surface area contributed by atoms with Crippen LogP contribution < -0.4 is 10.6 Å². The van der Waals surface area contributed by atoms with E-state index in [1.165, 1.54) is 0 Å². The summed E-state index contributed by atoms with van der Waals surface area (Å²) < 4.78 is 45.0. The fourth-order valence-corrected chi connectivity index (χ4v) is 2.99. The van der Waals surface area contributed by atoms with Gasteiger partial charge in [-0.2, -0.15) is 0 Å². The molecule has 0 bridgehead atoms. The van der Waals surface area contributed by atoms with Crippen molar-refractivity contribution in [2.45, 2.75) is 130 Å². The maximum atomic E-state index is 13.0. The predicted octanol–water partition coefficient (Wildman–Crippen LogP) is 4.44. The molecule has 1 rings (SSSR count). The van der Waals surface area contributed by atoms with Crippen molar-refractivity contribution >= 4 is 18.2 Å². The van der Waals surface area contributed by atoms with E-state index in [4.69, 9.17) is 26.4 Å². The third-order valence-electron chi connectivity index (χ3n) is 4.25. The van der Waals surface area contributed by atoms with Gasteiger partial charge in [0.2, 0.25) is 0 Å². The van der Waals surface area contributed by atoms with E-state index in [0.717, 1.165) is 12.8 Å². The second-order valence-corrected chi connectivity index (χ2v) is 11.4. The Balaban J connectivity index is 3.17. The maximum absolute atomic E-state index is 13.0. The standard InChI is InChI=1S/C25H46N2O8/c1-23(2,3)33-20(28)18(27-22(30)35-25(7,8)9)16-17(32-19-12-10-11-15-31-19)13-14-26-21(29)34-24(4,5)6/h17-19H,10-16H2,1-9H3,(H,26,29)(H,27,30)/i13D2. The van der Waals surface area contributed by atoms with Crippen LogP contribution in [0.2, 0.25) is 0 Å². The molecule has 2 amide bonds. The molecule has 1 fully saturated rings. The molecule has 0 saturated carbocycles. The Labute approximate surface area is 212 Å². The first-order chi connectivity index (χ1) is 16.7. The highest BCUT2D eigenvalue weighted by atomic mass is 16.7. The Morgan fingerprint density at radius 1 is 0.914 bits per heavy atom. The van der Waals surface area contributed by atoms with Crippen LogP contribution in [0, 0.1) is 0 Å². The van der Waals surface area contributed by atoms with E-state index in [9.17, 15) is 14.4 Å². The monoisotopic (exact) mass is 504 g/mol. The Morgan fingerprint density at radius 2 is 1.49 bits per heavy atom. The highest BCUT2D eigenvalue weighted by Gasteiger charge is 2.32. The fourth-order valence-electron chi connectivity index (χ4n) is 2.99. The van der Waals surface area contributed by atoms with E-state index in [1.807, 2.05) is 0 Å². The molecule has 3 unspecified atom stereocenters. The van der Waals surface area contributed by atoms with Gasteiger partial charge in [-0.25, -0.2) is 14.4 Å². The summed E-state index contributed by atoms with van der Waals surface area (Å²) in [6.45, 7) is 15.2. The SMILES string of the molecule is [2H]C([2H])(CNC(=O)OC(C)(C)C)C(CC(NC(=O)OC(C)(C)C)C(=O)OC(C)(C)C)OC1CCCCO1. The Kier molecular flexibility index (Phi) is 10.5. The molecule has 0 aromatic rings. The zero-order valence-electron chi connectivity index (χ0n) is 24.7. The molecular formula is C25H46N2O8. The molecule has 0 aliphatic carbocycles. The van der Waals surface area contributed by atoms with E-state index >= 15 is 0 Å². The molecule has 0 aromatic heterocycles. The second-order valence-electron chi connectivity index (χ2n) is 11.4. The first-order valence-corrected chi connectivity index (χ1v) is 12.1. The lowest BCUT2D eigenvalue weighted by Gasteiger charge is -2.31. The number of carbonyl (C=O) groups is 3. The van der Waals surface area contributed by atoms with Crippen LogP contribution in [-0.4, -0.2) is 66.5 Å². The summed E-state index contributed by atoms with van der Waals surface area (Å²) in [5.74, 6) is -0.771. The quantitative estimate of drug-likeness (QED) is 0.349. The molecule has 0 radical (unpaired) electrons. The molecule has 2 N–H and O–H groups in total. The summed E-state index contributed by atoms with van der Waals surface area (Å²) in [5.41, 5.74) is -2.44. The van der Waals surface area contributed by atoms with Crippen LogP contribution in [0.3, 0.4) is 0 Å². The lowest BCUT2D eigenvalue weighted by atomic mass is 10.1. The van der Waals surface area contributed by atoms with Crippen LogP contribution in [-0.2, 0) is 28.5 Å². The summed E-state index contributed by atoms with van der Waals surface area (Å²) in [7, 11) is 0. The van der Waals surface area contributed by atoms with Crippen molar-refractivity contribution in [2.24, 2.45) is 0 Å². The van der Waals surface area contributed by atoms with Crippen molar-refractivity contribution in [1.82, 2.24) is 10.6 Å². The molecule has 1 aliphatic heterocycles. The summed E-state index contributed by atoms with van der Waals surface area (Å²) >= 11 is 0. The van der Waals surface area contributed by atoms with E-state index in [0.29, 0.717) is 13.0 Å². The van der Waals surface area contributed by atoms with Gasteiger partial charge in [0.05, 0.1) is 6.10 Å². The van der Waals surface area contributed by atoms with Crippen LogP contribution in [0.25, 0.3) is 0 Å². The number of alkyl carbamates (subject to hydrolysis) is 2. The average Bonchev–Trinajstić information content (AvgIpc) is 2.68.